The van der Waals surface area contributed by atoms with Gasteiger partial charge in [0.1, 0.15) is 0 Å². The molecule has 1 aliphatic rings. The third-order valence-corrected chi connectivity index (χ3v) is 5.62. The lowest BCUT2D eigenvalue weighted by atomic mass is 9.97. The van der Waals surface area contributed by atoms with Crippen LogP contribution in [0.15, 0.2) is 42.7 Å². The Bertz CT molecular complexity index is 848. The Morgan fingerprint density at radius 3 is 2.84 bits per heavy atom. The van der Waals surface area contributed by atoms with E-state index >= 15 is 0 Å². The number of aromatic nitrogens is 3. The second-order valence-corrected chi connectivity index (χ2v) is 7.20. The topological polar surface area (TPSA) is 62.2 Å². The minimum atomic E-state index is -0.0606. The number of fused-ring (bicyclic) bond motifs is 1. The highest BCUT2D eigenvalue weighted by molar-refractivity contribution is 7.22. The fourth-order valence-electron chi connectivity index (χ4n) is 3.19. The van der Waals surface area contributed by atoms with Crippen molar-refractivity contribution in [2.75, 3.05) is 29.9 Å². The van der Waals surface area contributed by atoms with E-state index in [1.54, 1.807) is 34.7 Å². The first-order valence-corrected chi connectivity index (χ1v) is 9.19. The zero-order chi connectivity index (χ0) is 17.2. The zero-order valence-electron chi connectivity index (χ0n) is 14.0. The molecule has 7 heteroatoms. The van der Waals surface area contributed by atoms with Crippen LogP contribution in [-0.2, 0) is 4.79 Å². The number of carbonyl (C=O) groups excluding carboxylic acids is 1. The number of anilines is 2. The molecule has 0 radical (unpaired) electrons. The number of carbonyl (C=O) groups is 1. The molecule has 1 saturated heterocycles. The fraction of sp³-hybridized carbons (Fsp3) is 0.333. The average molecular weight is 353 g/mol. The van der Waals surface area contributed by atoms with Gasteiger partial charge in [-0.1, -0.05) is 23.5 Å². The second-order valence-electron chi connectivity index (χ2n) is 6.20. The SMILES string of the molecule is CN(C(=O)C1CCCN(c2ncccn2)C1)c1nc2ccccc2s1. The van der Waals surface area contributed by atoms with E-state index in [2.05, 4.69) is 19.9 Å². The van der Waals surface area contributed by atoms with Crippen LogP contribution in [0.1, 0.15) is 12.8 Å². The van der Waals surface area contributed by atoms with Crippen molar-refractivity contribution in [2.24, 2.45) is 5.92 Å². The number of thiazole rings is 1. The van der Waals surface area contributed by atoms with Gasteiger partial charge < -0.3 is 4.90 Å². The summed E-state index contributed by atoms with van der Waals surface area (Å²) >= 11 is 1.55. The van der Waals surface area contributed by atoms with E-state index in [0.717, 1.165) is 34.7 Å². The molecule has 1 unspecified atom stereocenters. The minimum absolute atomic E-state index is 0.0606. The van der Waals surface area contributed by atoms with Crippen LogP contribution >= 0.6 is 11.3 Å². The predicted octanol–water partition coefficient (Wildman–Crippen LogP) is 2.97. The summed E-state index contributed by atoms with van der Waals surface area (Å²) in [6.45, 7) is 1.54. The van der Waals surface area contributed by atoms with Crippen molar-refractivity contribution in [3.63, 3.8) is 0 Å². The van der Waals surface area contributed by atoms with E-state index in [9.17, 15) is 4.79 Å². The maximum atomic E-state index is 13.0. The maximum absolute atomic E-state index is 13.0. The number of amides is 1. The first-order valence-electron chi connectivity index (χ1n) is 8.37. The quantitative estimate of drug-likeness (QED) is 0.724. The fourth-order valence-corrected chi connectivity index (χ4v) is 4.12. The molecule has 1 aliphatic heterocycles. The lowest BCUT2D eigenvalue weighted by Gasteiger charge is -2.33. The number of hydrogen-bond donors (Lipinski definition) is 0. The summed E-state index contributed by atoms with van der Waals surface area (Å²) in [6.07, 6.45) is 5.32. The van der Waals surface area contributed by atoms with Gasteiger partial charge in [0.05, 0.1) is 16.1 Å². The first-order chi connectivity index (χ1) is 12.2. The first kappa shape index (κ1) is 16.0. The molecular formula is C18H19N5OS. The van der Waals surface area contributed by atoms with Crippen molar-refractivity contribution in [1.82, 2.24) is 15.0 Å². The molecule has 1 atom stereocenters. The molecule has 0 N–H and O–H groups in total. The zero-order valence-corrected chi connectivity index (χ0v) is 14.8. The lowest BCUT2D eigenvalue weighted by molar-refractivity contribution is -0.122. The normalized spacial score (nSPS) is 17.6. The van der Waals surface area contributed by atoms with Crippen LogP contribution in [0.2, 0.25) is 0 Å². The molecule has 0 saturated carbocycles. The highest BCUT2D eigenvalue weighted by atomic mass is 32.1. The Kier molecular flexibility index (Phi) is 4.31. The highest BCUT2D eigenvalue weighted by Crippen LogP contribution is 2.30. The van der Waals surface area contributed by atoms with Gasteiger partial charge in [0.25, 0.3) is 0 Å². The summed E-state index contributed by atoms with van der Waals surface area (Å²) in [5, 5.41) is 0.749. The van der Waals surface area contributed by atoms with E-state index in [1.807, 2.05) is 31.3 Å². The summed E-state index contributed by atoms with van der Waals surface area (Å²) in [4.78, 5) is 30.0. The van der Waals surface area contributed by atoms with Crippen LogP contribution in [0, 0.1) is 5.92 Å². The molecule has 25 heavy (non-hydrogen) atoms. The Labute approximate surface area is 150 Å². The molecular weight excluding hydrogens is 334 g/mol. The summed E-state index contributed by atoms with van der Waals surface area (Å²) in [7, 11) is 1.82. The minimum Gasteiger partial charge on any atom is -0.340 e. The Hall–Kier alpha value is -2.54. The number of piperidine rings is 1. The van der Waals surface area contributed by atoms with E-state index < -0.39 is 0 Å². The Balaban J connectivity index is 1.51. The third kappa shape index (κ3) is 3.19. The van der Waals surface area contributed by atoms with Gasteiger partial charge >= 0.3 is 0 Å². The van der Waals surface area contributed by atoms with Gasteiger partial charge in [-0.2, -0.15) is 0 Å². The summed E-state index contributed by atoms with van der Waals surface area (Å²) in [5.41, 5.74) is 0.935. The van der Waals surface area contributed by atoms with Gasteiger partial charge in [0, 0.05) is 32.5 Å². The van der Waals surface area contributed by atoms with Gasteiger partial charge in [0.15, 0.2) is 5.13 Å². The predicted molar refractivity (Wildman–Crippen MR) is 100.0 cm³/mol. The highest BCUT2D eigenvalue weighted by Gasteiger charge is 2.30. The molecule has 2 aromatic heterocycles. The van der Waals surface area contributed by atoms with Crippen molar-refractivity contribution < 1.29 is 4.79 Å². The van der Waals surface area contributed by atoms with Crippen molar-refractivity contribution in [3.05, 3.63) is 42.7 Å². The molecule has 0 aliphatic carbocycles. The number of benzene rings is 1. The molecule has 1 aromatic carbocycles. The Morgan fingerprint density at radius 2 is 2.04 bits per heavy atom. The molecule has 6 nitrogen and oxygen atoms in total. The van der Waals surface area contributed by atoms with Gasteiger partial charge in [0.2, 0.25) is 11.9 Å². The van der Waals surface area contributed by atoms with E-state index in [1.165, 1.54) is 0 Å². The van der Waals surface area contributed by atoms with Crippen LogP contribution in [-0.4, -0.2) is 41.0 Å². The largest absolute Gasteiger partial charge is 0.340 e. The van der Waals surface area contributed by atoms with Crippen molar-refractivity contribution in [3.8, 4) is 0 Å². The molecule has 128 valence electrons. The molecule has 1 fully saturated rings. The number of hydrogen-bond acceptors (Lipinski definition) is 6. The molecule has 0 bridgehead atoms. The molecule has 0 spiro atoms. The van der Waals surface area contributed by atoms with Gasteiger partial charge in [-0.25, -0.2) is 15.0 Å². The van der Waals surface area contributed by atoms with Crippen LogP contribution in [0.3, 0.4) is 0 Å². The smallest absolute Gasteiger partial charge is 0.233 e. The summed E-state index contributed by atoms with van der Waals surface area (Å²) in [6, 6.07) is 9.77. The lowest BCUT2D eigenvalue weighted by Crippen LogP contribution is -2.44. The molecule has 3 heterocycles. The Morgan fingerprint density at radius 1 is 1.24 bits per heavy atom. The van der Waals surface area contributed by atoms with Crippen molar-refractivity contribution >= 4 is 38.5 Å². The monoisotopic (exact) mass is 353 g/mol. The van der Waals surface area contributed by atoms with Gasteiger partial charge in [-0.3, -0.25) is 9.69 Å². The van der Waals surface area contributed by atoms with E-state index in [-0.39, 0.29) is 11.8 Å². The van der Waals surface area contributed by atoms with Crippen molar-refractivity contribution in [1.29, 1.82) is 0 Å². The van der Waals surface area contributed by atoms with Gasteiger partial charge in [-0.15, -0.1) is 0 Å². The van der Waals surface area contributed by atoms with Crippen LogP contribution in [0.25, 0.3) is 10.2 Å². The van der Waals surface area contributed by atoms with Gasteiger partial charge in [-0.05, 0) is 31.0 Å². The van der Waals surface area contributed by atoms with Crippen LogP contribution in [0.4, 0.5) is 11.1 Å². The van der Waals surface area contributed by atoms with E-state index in [0.29, 0.717) is 12.5 Å². The molecule has 1 amide bonds. The summed E-state index contributed by atoms with van der Waals surface area (Å²) < 4.78 is 1.10. The molecule has 4 rings (SSSR count). The molecule has 3 aromatic rings. The number of para-hydroxylation sites is 1. The maximum Gasteiger partial charge on any atom is 0.233 e. The standard InChI is InChI=1S/C18H19N5OS/c1-22(18-21-14-7-2-3-8-15(14)25-18)16(24)13-6-4-11-23(12-13)17-19-9-5-10-20-17/h2-3,5,7-10,13H,4,6,11-12H2,1H3. The van der Waals surface area contributed by atoms with Crippen LogP contribution < -0.4 is 9.80 Å². The second kappa shape index (κ2) is 6.76. The average Bonchev–Trinajstić information content (AvgIpc) is 3.12. The third-order valence-electron chi connectivity index (χ3n) is 4.51. The number of rotatable bonds is 3. The van der Waals surface area contributed by atoms with Crippen LogP contribution in [0.5, 0.6) is 0 Å². The van der Waals surface area contributed by atoms with E-state index in [4.69, 9.17) is 0 Å². The summed E-state index contributed by atoms with van der Waals surface area (Å²) in [5.74, 6) is 0.747. The van der Waals surface area contributed by atoms with Crippen molar-refractivity contribution in [2.45, 2.75) is 12.8 Å². The number of nitrogens with zero attached hydrogens (tertiary/aromatic N) is 5.